The van der Waals surface area contributed by atoms with Crippen LogP contribution in [0.25, 0.3) is 5.69 Å². The van der Waals surface area contributed by atoms with Crippen molar-refractivity contribution in [1.29, 1.82) is 0 Å². The van der Waals surface area contributed by atoms with E-state index in [0.29, 0.717) is 6.04 Å². The Kier molecular flexibility index (Phi) is 3.63. The van der Waals surface area contributed by atoms with Crippen LogP contribution in [0.1, 0.15) is 25.6 Å². The van der Waals surface area contributed by atoms with Crippen LogP contribution in [0.2, 0.25) is 0 Å². The Balaban J connectivity index is 1.74. The molecule has 108 valence electrons. The molecule has 0 aliphatic heterocycles. The standard InChI is InChI=1S/C14H17N7/c1-11(2)20-9-15-7-14(20)8-16-12-4-3-5-13(6-12)21-10-17-18-19-21/h3-7,9-11,16H,8H2,1-2H3. The first-order chi connectivity index (χ1) is 10.2. The van der Waals surface area contributed by atoms with Gasteiger partial charge in [0, 0.05) is 17.9 Å². The number of tetrazole rings is 1. The smallest absolute Gasteiger partial charge is 0.143 e. The molecule has 1 aromatic carbocycles. The number of anilines is 1. The fourth-order valence-corrected chi connectivity index (χ4v) is 2.16. The topological polar surface area (TPSA) is 73.5 Å². The Morgan fingerprint density at radius 3 is 2.90 bits per heavy atom. The molecule has 3 aromatic rings. The van der Waals surface area contributed by atoms with E-state index in [2.05, 4.69) is 44.2 Å². The summed E-state index contributed by atoms with van der Waals surface area (Å²) in [4.78, 5) is 4.21. The lowest BCUT2D eigenvalue weighted by Gasteiger charge is -2.13. The molecule has 3 rings (SSSR count). The number of aromatic nitrogens is 6. The van der Waals surface area contributed by atoms with Crippen LogP contribution in [-0.4, -0.2) is 29.8 Å². The molecule has 0 fully saturated rings. The maximum atomic E-state index is 4.21. The number of rotatable bonds is 5. The van der Waals surface area contributed by atoms with E-state index in [1.165, 1.54) is 0 Å². The van der Waals surface area contributed by atoms with Crippen LogP contribution >= 0.6 is 0 Å². The predicted octanol–water partition coefficient (Wildman–Crippen LogP) is 2.05. The highest BCUT2D eigenvalue weighted by Crippen LogP contribution is 2.15. The summed E-state index contributed by atoms with van der Waals surface area (Å²) in [5.41, 5.74) is 3.08. The summed E-state index contributed by atoms with van der Waals surface area (Å²) < 4.78 is 3.78. The number of benzene rings is 1. The maximum absolute atomic E-state index is 4.21. The van der Waals surface area contributed by atoms with Gasteiger partial charge in [0.1, 0.15) is 6.33 Å². The van der Waals surface area contributed by atoms with Crippen molar-refractivity contribution in [2.75, 3.05) is 5.32 Å². The minimum Gasteiger partial charge on any atom is -0.379 e. The van der Waals surface area contributed by atoms with Gasteiger partial charge in [0.05, 0.1) is 24.3 Å². The van der Waals surface area contributed by atoms with Gasteiger partial charge in [0.25, 0.3) is 0 Å². The van der Waals surface area contributed by atoms with E-state index in [0.717, 1.165) is 23.6 Å². The van der Waals surface area contributed by atoms with Crippen LogP contribution in [0, 0.1) is 0 Å². The van der Waals surface area contributed by atoms with Crippen LogP contribution in [0.4, 0.5) is 5.69 Å². The molecule has 0 aliphatic carbocycles. The van der Waals surface area contributed by atoms with Gasteiger partial charge in [-0.15, -0.1) is 5.10 Å². The molecular weight excluding hydrogens is 266 g/mol. The van der Waals surface area contributed by atoms with Gasteiger partial charge in [-0.1, -0.05) is 6.07 Å². The Morgan fingerprint density at radius 2 is 2.14 bits per heavy atom. The number of hydrogen-bond acceptors (Lipinski definition) is 5. The molecule has 7 nitrogen and oxygen atoms in total. The minimum atomic E-state index is 0.400. The fraction of sp³-hybridized carbons (Fsp3) is 0.286. The molecule has 0 bridgehead atoms. The highest BCUT2D eigenvalue weighted by atomic mass is 15.5. The van der Waals surface area contributed by atoms with Crippen LogP contribution in [0.15, 0.2) is 43.1 Å². The second-order valence-electron chi connectivity index (χ2n) is 5.04. The Bertz CT molecular complexity index is 700. The third-order valence-corrected chi connectivity index (χ3v) is 3.24. The van der Waals surface area contributed by atoms with Gasteiger partial charge in [-0.3, -0.25) is 0 Å². The summed E-state index contributed by atoms with van der Waals surface area (Å²) in [7, 11) is 0. The fourth-order valence-electron chi connectivity index (χ4n) is 2.16. The monoisotopic (exact) mass is 283 g/mol. The maximum Gasteiger partial charge on any atom is 0.143 e. The highest BCUT2D eigenvalue weighted by molar-refractivity contribution is 5.50. The number of nitrogens with zero attached hydrogens (tertiary/aromatic N) is 6. The largest absolute Gasteiger partial charge is 0.379 e. The zero-order chi connectivity index (χ0) is 14.7. The molecule has 0 spiro atoms. The van der Waals surface area contributed by atoms with Gasteiger partial charge in [-0.25, -0.2) is 9.67 Å². The molecule has 0 unspecified atom stereocenters. The van der Waals surface area contributed by atoms with Gasteiger partial charge in [0.2, 0.25) is 0 Å². The Hall–Kier alpha value is -2.70. The second-order valence-corrected chi connectivity index (χ2v) is 5.04. The van der Waals surface area contributed by atoms with Crippen LogP contribution in [0.5, 0.6) is 0 Å². The summed E-state index contributed by atoms with van der Waals surface area (Å²) >= 11 is 0. The Morgan fingerprint density at radius 1 is 1.24 bits per heavy atom. The van der Waals surface area contributed by atoms with Crippen molar-refractivity contribution in [1.82, 2.24) is 29.8 Å². The van der Waals surface area contributed by atoms with Gasteiger partial charge < -0.3 is 9.88 Å². The molecule has 1 N–H and O–H groups in total. The van der Waals surface area contributed by atoms with Gasteiger partial charge in [-0.2, -0.15) is 0 Å². The lowest BCUT2D eigenvalue weighted by atomic mass is 10.2. The molecule has 0 atom stereocenters. The zero-order valence-electron chi connectivity index (χ0n) is 12.0. The molecule has 0 radical (unpaired) electrons. The second kappa shape index (κ2) is 5.74. The molecule has 21 heavy (non-hydrogen) atoms. The van der Waals surface area contributed by atoms with E-state index in [1.54, 1.807) is 11.0 Å². The van der Waals surface area contributed by atoms with Crippen LogP contribution in [0.3, 0.4) is 0 Å². The molecule has 2 aromatic heterocycles. The van der Waals surface area contributed by atoms with E-state index in [4.69, 9.17) is 0 Å². The normalized spacial score (nSPS) is 11.0. The SMILES string of the molecule is CC(C)n1cncc1CNc1cccc(-n2cnnn2)c1. The van der Waals surface area contributed by atoms with E-state index in [-0.39, 0.29) is 0 Å². The van der Waals surface area contributed by atoms with Gasteiger partial charge in [0.15, 0.2) is 0 Å². The molecule has 0 saturated carbocycles. The van der Waals surface area contributed by atoms with Crippen molar-refractivity contribution in [3.63, 3.8) is 0 Å². The van der Waals surface area contributed by atoms with Gasteiger partial charge >= 0.3 is 0 Å². The third kappa shape index (κ3) is 2.91. The number of nitrogens with one attached hydrogen (secondary N) is 1. The first-order valence-electron chi connectivity index (χ1n) is 6.82. The van der Waals surface area contributed by atoms with Crippen molar-refractivity contribution < 1.29 is 0 Å². The summed E-state index contributed by atoms with van der Waals surface area (Å²) in [5.74, 6) is 0. The van der Waals surface area contributed by atoms with Crippen LogP contribution < -0.4 is 5.32 Å². The van der Waals surface area contributed by atoms with Crippen molar-refractivity contribution in [2.24, 2.45) is 0 Å². The zero-order valence-corrected chi connectivity index (χ0v) is 12.0. The average Bonchev–Trinajstić information content (AvgIpc) is 3.16. The van der Waals surface area contributed by atoms with Crippen LogP contribution in [-0.2, 0) is 6.54 Å². The minimum absolute atomic E-state index is 0.400. The summed E-state index contributed by atoms with van der Waals surface area (Å²) in [6.45, 7) is 5.00. The molecule has 2 heterocycles. The Labute approximate surface area is 122 Å². The average molecular weight is 283 g/mol. The van der Waals surface area contributed by atoms with Crippen molar-refractivity contribution in [3.8, 4) is 5.69 Å². The summed E-state index contributed by atoms with van der Waals surface area (Å²) in [5, 5.41) is 14.6. The van der Waals surface area contributed by atoms with E-state index in [1.807, 2.05) is 36.8 Å². The lowest BCUT2D eigenvalue weighted by Crippen LogP contribution is -2.09. The molecular formula is C14H17N7. The van der Waals surface area contributed by atoms with E-state index < -0.39 is 0 Å². The summed E-state index contributed by atoms with van der Waals surface area (Å²) in [6, 6.07) is 8.35. The van der Waals surface area contributed by atoms with Crippen molar-refractivity contribution in [2.45, 2.75) is 26.4 Å². The number of hydrogen-bond donors (Lipinski definition) is 1. The molecule has 0 aliphatic rings. The summed E-state index contributed by atoms with van der Waals surface area (Å²) in [6.07, 6.45) is 5.32. The van der Waals surface area contributed by atoms with E-state index >= 15 is 0 Å². The first-order valence-corrected chi connectivity index (χ1v) is 6.82. The van der Waals surface area contributed by atoms with E-state index in [9.17, 15) is 0 Å². The molecule has 7 heteroatoms. The quantitative estimate of drug-likeness (QED) is 0.775. The van der Waals surface area contributed by atoms with Crippen molar-refractivity contribution in [3.05, 3.63) is 48.8 Å². The molecule has 0 saturated heterocycles. The lowest BCUT2D eigenvalue weighted by molar-refractivity contribution is 0.577. The molecule has 0 amide bonds. The predicted molar refractivity (Wildman–Crippen MR) is 79.1 cm³/mol. The van der Waals surface area contributed by atoms with Gasteiger partial charge in [-0.05, 0) is 42.5 Å². The first kappa shape index (κ1) is 13.3. The number of imidazole rings is 1. The van der Waals surface area contributed by atoms with Crippen molar-refractivity contribution >= 4 is 5.69 Å². The third-order valence-electron chi connectivity index (χ3n) is 3.24. The highest BCUT2D eigenvalue weighted by Gasteiger charge is 2.05.